The molecule has 2 aliphatic rings. The number of halogens is 1. The van der Waals surface area contributed by atoms with Crippen LogP contribution in [0.25, 0.3) is 11.1 Å². The number of amides is 2. The van der Waals surface area contributed by atoms with Crippen molar-refractivity contribution in [2.75, 3.05) is 0 Å². The van der Waals surface area contributed by atoms with Crippen molar-refractivity contribution >= 4 is 29.6 Å². The van der Waals surface area contributed by atoms with Crippen LogP contribution in [0, 0.1) is 23.1 Å². The Morgan fingerprint density at radius 3 is 2.71 bits per heavy atom. The van der Waals surface area contributed by atoms with Crippen LogP contribution in [-0.2, 0) is 16.0 Å². The molecule has 2 amide bonds. The van der Waals surface area contributed by atoms with Gasteiger partial charge in [0.1, 0.15) is 23.5 Å². The van der Waals surface area contributed by atoms with Gasteiger partial charge in [0.05, 0.1) is 10.9 Å². The third-order valence-corrected chi connectivity index (χ3v) is 7.33. The van der Waals surface area contributed by atoms with Gasteiger partial charge in [-0.2, -0.15) is 5.26 Å². The Balaban J connectivity index is 1.45. The van der Waals surface area contributed by atoms with Gasteiger partial charge in [-0.05, 0) is 80.2 Å². The van der Waals surface area contributed by atoms with Gasteiger partial charge in [0.15, 0.2) is 6.29 Å². The van der Waals surface area contributed by atoms with Crippen molar-refractivity contribution in [3.05, 3.63) is 45.9 Å². The summed E-state index contributed by atoms with van der Waals surface area (Å²) in [5.41, 5.74) is 0.981. The fourth-order valence-corrected chi connectivity index (χ4v) is 5.69. The second kappa shape index (κ2) is 9.78. The number of ether oxygens (including phenoxy) is 1. The Morgan fingerprint density at radius 1 is 1.31 bits per heavy atom. The molecule has 2 fully saturated rings. The van der Waals surface area contributed by atoms with Crippen molar-refractivity contribution in [2.24, 2.45) is 5.92 Å². The predicted molar refractivity (Wildman–Crippen MR) is 129 cm³/mol. The van der Waals surface area contributed by atoms with E-state index in [2.05, 4.69) is 5.32 Å². The summed E-state index contributed by atoms with van der Waals surface area (Å²) < 4.78 is 20.4. The number of fused-ring (bicyclic) bond motifs is 2. The largest absolute Gasteiger partial charge is 0.444 e. The molecule has 1 aliphatic heterocycles. The molecule has 0 unspecified atom stereocenters. The number of benzene rings is 1. The normalized spacial score (nSPS) is 21.9. The van der Waals surface area contributed by atoms with Crippen LogP contribution in [-0.4, -0.2) is 46.9 Å². The molecule has 1 N–H and O–H groups in total. The summed E-state index contributed by atoms with van der Waals surface area (Å²) in [4.78, 5) is 39.0. The van der Waals surface area contributed by atoms with E-state index >= 15 is 0 Å². The lowest BCUT2D eigenvalue weighted by atomic mass is 9.97. The number of nitrogens with zero attached hydrogens (tertiary/aromatic N) is 2. The molecule has 0 radical (unpaired) electrons. The molecule has 1 aliphatic carbocycles. The van der Waals surface area contributed by atoms with Gasteiger partial charge in [0.2, 0.25) is 5.91 Å². The lowest BCUT2D eigenvalue weighted by molar-refractivity contribution is -0.128. The zero-order valence-electron chi connectivity index (χ0n) is 19.9. The highest BCUT2D eigenvalue weighted by Crippen LogP contribution is 2.43. The first kappa shape index (κ1) is 24.9. The number of nitrogens with one attached hydrogen (secondary N) is 1. The van der Waals surface area contributed by atoms with Crippen LogP contribution in [0.3, 0.4) is 0 Å². The highest BCUT2D eigenvalue weighted by atomic mass is 32.1. The fraction of sp³-hybridized carbons (Fsp3) is 0.462. The molecular formula is C26H28FN3O4S. The number of piperidine rings is 1. The van der Waals surface area contributed by atoms with E-state index < -0.39 is 35.5 Å². The van der Waals surface area contributed by atoms with E-state index in [1.54, 1.807) is 44.4 Å². The van der Waals surface area contributed by atoms with Gasteiger partial charge >= 0.3 is 6.09 Å². The first-order chi connectivity index (χ1) is 16.6. The minimum absolute atomic E-state index is 0.00910. The van der Waals surface area contributed by atoms with Crippen molar-refractivity contribution in [3.8, 4) is 17.2 Å². The second-order valence-electron chi connectivity index (χ2n) is 10.1. The van der Waals surface area contributed by atoms with Crippen LogP contribution in [0.1, 0.15) is 55.3 Å². The third kappa shape index (κ3) is 5.38. The average Bonchev–Trinajstić information content (AvgIpc) is 3.54. The molecule has 184 valence electrons. The van der Waals surface area contributed by atoms with Gasteiger partial charge < -0.3 is 10.1 Å². The van der Waals surface area contributed by atoms with Crippen LogP contribution in [0.15, 0.2) is 29.6 Å². The molecule has 1 saturated carbocycles. The topological polar surface area (TPSA) is 99.5 Å². The highest BCUT2D eigenvalue weighted by molar-refractivity contribution is 7.12. The van der Waals surface area contributed by atoms with Crippen molar-refractivity contribution in [2.45, 2.75) is 70.2 Å². The van der Waals surface area contributed by atoms with Crippen LogP contribution in [0.4, 0.5) is 9.18 Å². The number of nitriles is 1. The summed E-state index contributed by atoms with van der Waals surface area (Å²) in [5, 5.41) is 14.2. The first-order valence-corrected chi connectivity index (χ1v) is 12.5. The lowest BCUT2D eigenvalue weighted by Crippen LogP contribution is -2.55. The van der Waals surface area contributed by atoms with Gasteiger partial charge in [0.25, 0.3) is 0 Å². The number of carbonyl (C=O) groups is 3. The van der Waals surface area contributed by atoms with Crippen molar-refractivity contribution in [1.82, 2.24) is 10.2 Å². The molecule has 0 spiro atoms. The predicted octanol–water partition coefficient (Wildman–Crippen LogP) is 4.71. The number of rotatable bonds is 6. The van der Waals surface area contributed by atoms with Gasteiger partial charge in [-0.3, -0.25) is 14.5 Å². The maximum Gasteiger partial charge on any atom is 0.411 e. The molecule has 9 heteroatoms. The molecule has 1 aromatic carbocycles. The summed E-state index contributed by atoms with van der Waals surface area (Å²) in [6, 6.07) is 6.72. The number of hydrogen-bond acceptors (Lipinski definition) is 6. The van der Waals surface area contributed by atoms with E-state index in [0.717, 1.165) is 31.1 Å². The van der Waals surface area contributed by atoms with Crippen LogP contribution < -0.4 is 5.32 Å². The summed E-state index contributed by atoms with van der Waals surface area (Å²) >= 11 is 1.28. The maximum atomic E-state index is 14.8. The summed E-state index contributed by atoms with van der Waals surface area (Å²) in [7, 11) is 0. The Bertz CT molecular complexity index is 1180. The Labute approximate surface area is 207 Å². The van der Waals surface area contributed by atoms with Gasteiger partial charge in [-0.25, -0.2) is 9.18 Å². The minimum atomic E-state index is -0.953. The molecule has 35 heavy (non-hydrogen) atoms. The number of likely N-dealkylation sites (tertiary alicyclic amines) is 1. The smallest absolute Gasteiger partial charge is 0.411 e. The number of thiophene rings is 1. The minimum Gasteiger partial charge on any atom is -0.444 e. The lowest BCUT2D eigenvalue weighted by Gasteiger charge is -2.35. The monoisotopic (exact) mass is 497 g/mol. The van der Waals surface area contributed by atoms with Crippen molar-refractivity contribution in [3.63, 3.8) is 0 Å². The molecular weight excluding hydrogens is 469 g/mol. The van der Waals surface area contributed by atoms with Crippen molar-refractivity contribution < 1.29 is 23.5 Å². The van der Waals surface area contributed by atoms with E-state index in [1.165, 1.54) is 22.3 Å². The van der Waals surface area contributed by atoms with Gasteiger partial charge in [-0.15, -0.1) is 11.3 Å². The third-order valence-electron chi connectivity index (χ3n) is 6.48. The van der Waals surface area contributed by atoms with Gasteiger partial charge in [0, 0.05) is 12.5 Å². The molecule has 2 aromatic rings. The summed E-state index contributed by atoms with van der Waals surface area (Å²) in [6.45, 7) is 5.33. The van der Waals surface area contributed by atoms with E-state index in [-0.39, 0.29) is 18.4 Å². The van der Waals surface area contributed by atoms with E-state index in [4.69, 9.17) is 4.74 Å². The molecule has 1 aromatic heterocycles. The standard InChI is InChI=1S/C26H28FN3O4S/c1-26(2,3)34-25(33)30-20-7-6-17(9-20)23(30)24(32)29-19(12-28)8-16-5-4-15(11-22(16)27)18-10-21(13-31)35-14-18/h4-5,10-11,13-14,17,19-20,23H,6-9H2,1-3H3,(H,29,32)/t17-,19-,20+,23-/m0/s1. The van der Waals surface area contributed by atoms with E-state index in [0.29, 0.717) is 16.0 Å². The van der Waals surface area contributed by atoms with Crippen molar-refractivity contribution in [1.29, 1.82) is 5.26 Å². The molecule has 2 heterocycles. The highest BCUT2D eigenvalue weighted by Gasteiger charge is 2.52. The fourth-order valence-electron chi connectivity index (χ4n) is 4.97. The van der Waals surface area contributed by atoms with E-state index in [1.807, 2.05) is 6.07 Å². The maximum absolute atomic E-state index is 14.8. The number of carbonyl (C=O) groups excluding carboxylic acids is 3. The molecule has 7 nitrogen and oxygen atoms in total. The number of aldehydes is 1. The molecule has 4 atom stereocenters. The van der Waals surface area contributed by atoms with Crippen LogP contribution in [0.2, 0.25) is 0 Å². The Kier molecular flexibility index (Phi) is 6.95. The van der Waals surface area contributed by atoms with E-state index in [9.17, 15) is 24.0 Å². The zero-order valence-corrected chi connectivity index (χ0v) is 20.7. The Morgan fingerprint density at radius 2 is 2.09 bits per heavy atom. The molecule has 4 rings (SSSR count). The SMILES string of the molecule is CC(C)(C)OC(=O)N1[C@@H]2CC[C@@H](C2)[C@H]1C(=O)N[C@H](C#N)Cc1ccc(-c2csc(C=O)c2)cc1F. The number of hydrogen-bond donors (Lipinski definition) is 1. The first-order valence-electron chi connectivity index (χ1n) is 11.6. The second-order valence-corrected chi connectivity index (χ2v) is 11.1. The molecule has 1 saturated heterocycles. The van der Waals surface area contributed by atoms with Crippen LogP contribution >= 0.6 is 11.3 Å². The average molecular weight is 498 g/mol. The Hall–Kier alpha value is -3.25. The van der Waals surface area contributed by atoms with Gasteiger partial charge in [-0.1, -0.05) is 12.1 Å². The molecule has 2 bridgehead atoms. The summed E-state index contributed by atoms with van der Waals surface area (Å²) in [5.74, 6) is -0.887. The van der Waals surface area contributed by atoms with Crippen LogP contribution in [0.5, 0.6) is 0 Å². The quantitative estimate of drug-likeness (QED) is 0.583. The zero-order chi connectivity index (χ0) is 25.3. The summed E-state index contributed by atoms with van der Waals surface area (Å²) in [6.07, 6.45) is 2.62.